The fraction of sp³-hybridized carbons (Fsp3) is 0.538. The topological polar surface area (TPSA) is 55.6 Å². The molecule has 0 aliphatic carbocycles. The molecule has 1 atom stereocenters. The molecule has 0 N–H and O–H groups in total. The van der Waals surface area contributed by atoms with E-state index in [0.717, 1.165) is 19.5 Å². The first kappa shape index (κ1) is 13.9. The smallest absolute Gasteiger partial charge is 0.305 e. The van der Waals surface area contributed by atoms with Gasteiger partial charge >= 0.3 is 5.69 Å². The fourth-order valence-electron chi connectivity index (χ4n) is 2.24. The van der Waals surface area contributed by atoms with Gasteiger partial charge in [0.1, 0.15) is 0 Å². The Morgan fingerprint density at radius 3 is 3.05 bits per heavy atom. The Hall–Kier alpha value is -1.53. The van der Waals surface area contributed by atoms with Gasteiger partial charge in [-0.3, -0.25) is 15.0 Å². The average molecular weight is 268 g/mol. The summed E-state index contributed by atoms with van der Waals surface area (Å²) in [5.74, 6) is -0.730. The van der Waals surface area contributed by atoms with Crippen molar-refractivity contribution in [3.8, 4) is 0 Å². The Kier molecular flexibility index (Phi) is 4.44. The standard InChI is InChI=1S/C13H17FN2O3/c1-2-11-9-15(6-7-19-11)8-10-4-3-5-12(13(10)14)16(17)18/h3-5,11H,2,6-9H2,1H3. The number of benzene rings is 1. The molecule has 1 unspecified atom stereocenters. The van der Waals surface area contributed by atoms with E-state index in [9.17, 15) is 14.5 Å². The molecule has 104 valence electrons. The van der Waals surface area contributed by atoms with Crippen molar-refractivity contribution in [2.75, 3.05) is 19.7 Å². The molecule has 0 spiro atoms. The summed E-state index contributed by atoms with van der Waals surface area (Å²) in [6.45, 7) is 4.50. The summed E-state index contributed by atoms with van der Waals surface area (Å²) in [5, 5.41) is 10.7. The van der Waals surface area contributed by atoms with Crippen molar-refractivity contribution in [2.24, 2.45) is 0 Å². The first-order chi connectivity index (χ1) is 9.11. The van der Waals surface area contributed by atoms with Gasteiger partial charge < -0.3 is 4.74 Å². The third-order valence-corrected chi connectivity index (χ3v) is 3.33. The van der Waals surface area contributed by atoms with Crippen LogP contribution in [0.25, 0.3) is 0 Å². The molecule has 0 bridgehead atoms. The lowest BCUT2D eigenvalue weighted by molar-refractivity contribution is -0.387. The third-order valence-electron chi connectivity index (χ3n) is 3.33. The largest absolute Gasteiger partial charge is 0.376 e. The lowest BCUT2D eigenvalue weighted by atomic mass is 10.1. The van der Waals surface area contributed by atoms with Gasteiger partial charge in [-0.15, -0.1) is 0 Å². The Morgan fingerprint density at radius 2 is 2.37 bits per heavy atom. The molecule has 1 saturated heterocycles. The molecule has 1 aromatic rings. The van der Waals surface area contributed by atoms with Gasteiger partial charge in [-0.2, -0.15) is 4.39 Å². The van der Waals surface area contributed by atoms with Gasteiger partial charge in [0, 0.05) is 31.3 Å². The predicted molar refractivity (Wildman–Crippen MR) is 68.4 cm³/mol. The highest BCUT2D eigenvalue weighted by atomic mass is 19.1. The molecule has 2 rings (SSSR count). The maximum atomic E-state index is 14.0. The third kappa shape index (κ3) is 3.27. The average Bonchev–Trinajstić information content (AvgIpc) is 2.41. The zero-order valence-corrected chi connectivity index (χ0v) is 10.8. The summed E-state index contributed by atoms with van der Waals surface area (Å²) in [6, 6.07) is 4.31. The lowest BCUT2D eigenvalue weighted by Crippen LogP contribution is -2.41. The van der Waals surface area contributed by atoms with Crippen LogP contribution >= 0.6 is 0 Å². The van der Waals surface area contributed by atoms with Crippen LogP contribution in [-0.2, 0) is 11.3 Å². The number of nitro benzene ring substituents is 1. The summed E-state index contributed by atoms with van der Waals surface area (Å²) in [4.78, 5) is 12.1. The SMILES string of the molecule is CCC1CN(Cc2cccc([N+](=O)[O-])c2F)CCO1. The van der Waals surface area contributed by atoms with Crippen LogP contribution < -0.4 is 0 Å². The summed E-state index contributed by atoms with van der Waals surface area (Å²) < 4.78 is 19.5. The van der Waals surface area contributed by atoms with E-state index in [1.807, 2.05) is 6.92 Å². The van der Waals surface area contributed by atoms with Crippen LogP contribution in [0.5, 0.6) is 0 Å². The van der Waals surface area contributed by atoms with Crippen molar-refractivity contribution < 1.29 is 14.1 Å². The minimum Gasteiger partial charge on any atom is -0.376 e. The summed E-state index contributed by atoms with van der Waals surface area (Å²) in [7, 11) is 0. The van der Waals surface area contributed by atoms with Crippen LogP contribution in [0.4, 0.5) is 10.1 Å². The van der Waals surface area contributed by atoms with Crippen LogP contribution in [-0.4, -0.2) is 35.6 Å². The minimum atomic E-state index is -0.730. The van der Waals surface area contributed by atoms with E-state index in [1.54, 1.807) is 6.07 Å². The van der Waals surface area contributed by atoms with E-state index in [4.69, 9.17) is 4.74 Å². The molecule has 6 heteroatoms. The van der Waals surface area contributed by atoms with Gasteiger partial charge in [0.25, 0.3) is 0 Å². The summed E-state index contributed by atoms with van der Waals surface area (Å²) in [6.07, 6.45) is 1.07. The fourth-order valence-corrected chi connectivity index (χ4v) is 2.24. The van der Waals surface area contributed by atoms with Crippen LogP contribution in [0.2, 0.25) is 0 Å². The molecular weight excluding hydrogens is 251 g/mol. The van der Waals surface area contributed by atoms with Crippen molar-refractivity contribution in [2.45, 2.75) is 26.0 Å². The highest BCUT2D eigenvalue weighted by molar-refractivity contribution is 5.36. The Morgan fingerprint density at radius 1 is 1.58 bits per heavy atom. The molecule has 0 aromatic heterocycles. The first-order valence-electron chi connectivity index (χ1n) is 6.37. The van der Waals surface area contributed by atoms with Gasteiger partial charge in [0.2, 0.25) is 5.82 Å². The Bertz CT molecular complexity index is 467. The van der Waals surface area contributed by atoms with Crippen LogP contribution in [0.3, 0.4) is 0 Å². The number of hydrogen-bond acceptors (Lipinski definition) is 4. The molecule has 1 heterocycles. The summed E-state index contributed by atoms with van der Waals surface area (Å²) >= 11 is 0. The number of morpholine rings is 1. The van der Waals surface area contributed by atoms with Gasteiger partial charge in [0.05, 0.1) is 17.6 Å². The Labute approximate surface area is 111 Å². The van der Waals surface area contributed by atoms with Crippen molar-refractivity contribution in [1.29, 1.82) is 0 Å². The minimum absolute atomic E-state index is 0.163. The number of ether oxygens (including phenoxy) is 1. The second kappa shape index (κ2) is 6.08. The predicted octanol–water partition coefficient (Wildman–Crippen LogP) is 2.34. The van der Waals surface area contributed by atoms with E-state index in [0.29, 0.717) is 18.7 Å². The Balaban J connectivity index is 2.10. The molecule has 1 fully saturated rings. The highest BCUT2D eigenvalue weighted by Crippen LogP contribution is 2.22. The number of hydrogen-bond donors (Lipinski definition) is 0. The van der Waals surface area contributed by atoms with Gasteiger partial charge in [0.15, 0.2) is 0 Å². The van der Waals surface area contributed by atoms with Gasteiger partial charge in [-0.25, -0.2) is 0 Å². The van der Waals surface area contributed by atoms with E-state index >= 15 is 0 Å². The molecule has 1 aliphatic rings. The maximum Gasteiger partial charge on any atom is 0.305 e. The van der Waals surface area contributed by atoms with Crippen molar-refractivity contribution in [3.63, 3.8) is 0 Å². The van der Waals surface area contributed by atoms with Crippen LogP contribution in [0.1, 0.15) is 18.9 Å². The second-order valence-corrected chi connectivity index (χ2v) is 4.64. The van der Waals surface area contributed by atoms with E-state index in [-0.39, 0.29) is 6.10 Å². The zero-order chi connectivity index (χ0) is 13.8. The molecule has 19 heavy (non-hydrogen) atoms. The molecule has 0 saturated carbocycles. The van der Waals surface area contributed by atoms with E-state index in [2.05, 4.69) is 4.90 Å². The molecule has 1 aromatic carbocycles. The van der Waals surface area contributed by atoms with Crippen LogP contribution in [0, 0.1) is 15.9 Å². The van der Waals surface area contributed by atoms with E-state index < -0.39 is 16.4 Å². The monoisotopic (exact) mass is 268 g/mol. The summed E-state index contributed by atoms with van der Waals surface area (Å²) in [5.41, 5.74) is -0.0937. The highest BCUT2D eigenvalue weighted by Gasteiger charge is 2.22. The molecular formula is C13H17FN2O3. The number of nitro groups is 1. The van der Waals surface area contributed by atoms with Crippen LogP contribution in [0.15, 0.2) is 18.2 Å². The molecule has 0 radical (unpaired) electrons. The number of rotatable bonds is 4. The molecule has 0 amide bonds. The van der Waals surface area contributed by atoms with Crippen molar-refractivity contribution in [1.82, 2.24) is 4.90 Å². The van der Waals surface area contributed by atoms with E-state index in [1.165, 1.54) is 12.1 Å². The maximum absolute atomic E-state index is 14.0. The van der Waals surface area contributed by atoms with Crippen molar-refractivity contribution >= 4 is 5.69 Å². The van der Waals surface area contributed by atoms with Crippen molar-refractivity contribution in [3.05, 3.63) is 39.7 Å². The number of nitrogens with zero attached hydrogens (tertiary/aromatic N) is 2. The van der Waals surface area contributed by atoms with Gasteiger partial charge in [-0.1, -0.05) is 19.1 Å². The van der Waals surface area contributed by atoms with Gasteiger partial charge in [-0.05, 0) is 6.42 Å². The molecule has 5 nitrogen and oxygen atoms in total. The zero-order valence-electron chi connectivity index (χ0n) is 10.8. The quantitative estimate of drug-likeness (QED) is 0.621. The lowest BCUT2D eigenvalue weighted by Gasteiger charge is -2.32. The normalized spacial score (nSPS) is 20.4. The molecule has 1 aliphatic heterocycles. The second-order valence-electron chi connectivity index (χ2n) is 4.64. The number of halogens is 1. The first-order valence-corrected chi connectivity index (χ1v) is 6.37.